The lowest BCUT2D eigenvalue weighted by Gasteiger charge is -2.36. The molecule has 15 heavy (non-hydrogen) atoms. The van der Waals surface area contributed by atoms with E-state index in [9.17, 15) is 9.90 Å². The molecule has 0 aliphatic carbocycles. The Hall–Kier alpha value is -0.280. The highest BCUT2D eigenvalue weighted by atomic mass is 35.5. The highest BCUT2D eigenvalue weighted by molar-refractivity contribution is 6.18. The highest BCUT2D eigenvalue weighted by Crippen LogP contribution is 2.30. The fraction of sp³-hybridized carbons (Fsp3) is 0.909. The second-order valence-corrected chi connectivity index (χ2v) is 5.64. The molecule has 0 spiro atoms. The van der Waals surface area contributed by atoms with Crippen LogP contribution in [0.25, 0.3) is 0 Å². The molecule has 4 heteroatoms. The van der Waals surface area contributed by atoms with E-state index in [2.05, 4.69) is 0 Å². The van der Waals surface area contributed by atoms with Gasteiger partial charge in [0.05, 0.1) is 12.6 Å². The van der Waals surface area contributed by atoms with Crippen LogP contribution in [0.3, 0.4) is 0 Å². The van der Waals surface area contributed by atoms with Gasteiger partial charge in [-0.15, -0.1) is 11.6 Å². The first kappa shape index (κ1) is 12.8. The molecule has 1 rings (SSSR count). The molecule has 0 aromatic rings. The number of carbonyl (C=O) groups excluding carboxylic acids is 1. The van der Waals surface area contributed by atoms with Gasteiger partial charge in [0.15, 0.2) is 0 Å². The Morgan fingerprint density at radius 1 is 1.60 bits per heavy atom. The summed E-state index contributed by atoms with van der Waals surface area (Å²) in [7, 11) is 0. The molecule has 1 fully saturated rings. The molecular formula is C11H20ClNO2. The van der Waals surface area contributed by atoms with E-state index in [-0.39, 0.29) is 29.9 Å². The van der Waals surface area contributed by atoms with Gasteiger partial charge in [-0.25, -0.2) is 0 Å². The van der Waals surface area contributed by atoms with Crippen molar-refractivity contribution in [2.75, 3.05) is 19.0 Å². The van der Waals surface area contributed by atoms with Crippen molar-refractivity contribution >= 4 is 17.5 Å². The number of hydrogen-bond donors (Lipinski definition) is 1. The summed E-state index contributed by atoms with van der Waals surface area (Å²) in [5.41, 5.74) is -0.0917. The van der Waals surface area contributed by atoms with E-state index < -0.39 is 0 Å². The summed E-state index contributed by atoms with van der Waals surface area (Å²) >= 11 is 5.76. The lowest BCUT2D eigenvalue weighted by molar-refractivity contribution is -0.133. The number of nitrogens with zero attached hydrogens (tertiary/aromatic N) is 1. The number of hydrogen-bond acceptors (Lipinski definition) is 2. The van der Waals surface area contributed by atoms with Crippen molar-refractivity contribution in [1.82, 2.24) is 4.90 Å². The zero-order chi connectivity index (χ0) is 11.6. The third-order valence-corrected chi connectivity index (χ3v) is 3.44. The fourth-order valence-corrected chi connectivity index (χ4v) is 2.26. The third kappa shape index (κ3) is 2.85. The lowest BCUT2D eigenvalue weighted by atomic mass is 9.86. The summed E-state index contributed by atoms with van der Waals surface area (Å²) in [6.45, 7) is 6.81. The first-order valence-corrected chi connectivity index (χ1v) is 5.90. The molecule has 0 bridgehead atoms. The summed E-state index contributed by atoms with van der Waals surface area (Å²) in [5.74, 6) is 0.884. The van der Waals surface area contributed by atoms with Gasteiger partial charge >= 0.3 is 0 Å². The molecule has 1 amide bonds. The van der Waals surface area contributed by atoms with Crippen molar-refractivity contribution in [3.63, 3.8) is 0 Å². The summed E-state index contributed by atoms with van der Waals surface area (Å²) in [6.07, 6.45) is 0.524. The van der Waals surface area contributed by atoms with Crippen LogP contribution in [0.4, 0.5) is 0 Å². The summed E-state index contributed by atoms with van der Waals surface area (Å²) in [5, 5.41) is 9.37. The number of aliphatic hydroxyl groups excluding tert-OH is 1. The number of likely N-dealkylation sites (tertiary alicyclic amines) is 1. The zero-order valence-corrected chi connectivity index (χ0v) is 10.4. The molecule has 1 N–H and O–H groups in total. The molecule has 1 aliphatic rings. The van der Waals surface area contributed by atoms with Gasteiger partial charge in [-0.1, -0.05) is 20.8 Å². The Balaban J connectivity index is 2.74. The van der Waals surface area contributed by atoms with Gasteiger partial charge in [0.1, 0.15) is 0 Å². The molecule has 0 aromatic heterocycles. The van der Waals surface area contributed by atoms with Crippen LogP contribution in [0.2, 0.25) is 0 Å². The topological polar surface area (TPSA) is 40.5 Å². The van der Waals surface area contributed by atoms with Crippen molar-refractivity contribution in [2.24, 2.45) is 11.3 Å². The average molecular weight is 234 g/mol. The number of amides is 1. The van der Waals surface area contributed by atoms with E-state index in [1.165, 1.54) is 0 Å². The van der Waals surface area contributed by atoms with Crippen molar-refractivity contribution in [3.05, 3.63) is 0 Å². The van der Waals surface area contributed by atoms with E-state index in [1.54, 1.807) is 4.90 Å². The minimum atomic E-state index is -0.0989. The second-order valence-electron chi connectivity index (χ2n) is 5.33. The molecule has 0 saturated carbocycles. The molecule has 0 radical (unpaired) electrons. The molecule has 1 heterocycles. The quantitative estimate of drug-likeness (QED) is 0.751. The highest BCUT2D eigenvalue weighted by Gasteiger charge is 2.38. The van der Waals surface area contributed by atoms with Gasteiger partial charge in [-0.05, 0) is 11.3 Å². The monoisotopic (exact) mass is 233 g/mol. The van der Waals surface area contributed by atoms with Crippen LogP contribution >= 0.6 is 11.6 Å². The Labute approximate surface area is 96.4 Å². The van der Waals surface area contributed by atoms with Gasteiger partial charge in [0, 0.05) is 18.8 Å². The van der Waals surface area contributed by atoms with Gasteiger partial charge < -0.3 is 10.0 Å². The SMILES string of the molecule is CC(C)(C)[C@@H](CO)N1CC(CCl)CC1=O. The Morgan fingerprint density at radius 3 is 2.53 bits per heavy atom. The van der Waals surface area contributed by atoms with Gasteiger partial charge in [0.2, 0.25) is 5.91 Å². The zero-order valence-electron chi connectivity index (χ0n) is 9.66. The number of aliphatic hydroxyl groups is 1. The van der Waals surface area contributed by atoms with E-state index in [0.29, 0.717) is 18.8 Å². The molecule has 1 saturated heterocycles. The minimum absolute atomic E-state index is 0.0181. The van der Waals surface area contributed by atoms with E-state index in [1.807, 2.05) is 20.8 Å². The molecule has 0 aromatic carbocycles. The summed E-state index contributed by atoms with van der Waals surface area (Å²) in [6, 6.07) is -0.0989. The van der Waals surface area contributed by atoms with Crippen molar-refractivity contribution in [3.8, 4) is 0 Å². The Kier molecular flexibility index (Phi) is 4.01. The molecule has 88 valence electrons. The smallest absolute Gasteiger partial charge is 0.223 e. The maximum atomic E-state index is 11.7. The lowest BCUT2D eigenvalue weighted by Crippen LogP contribution is -2.47. The predicted molar refractivity (Wildman–Crippen MR) is 60.9 cm³/mol. The number of halogens is 1. The maximum Gasteiger partial charge on any atom is 0.223 e. The molecule has 1 unspecified atom stereocenters. The Bertz CT molecular complexity index is 237. The van der Waals surface area contributed by atoms with E-state index in [0.717, 1.165) is 0 Å². The first-order chi connectivity index (χ1) is 6.90. The van der Waals surface area contributed by atoms with Crippen LogP contribution in [0.5, 0.6) is 0 Å². The van der Waals surface area contributed by atoms with Crippen molar-refractivity contribution in [2.45, 2.75) is 33.2 Å². The van der Waals surface area contributed by atoms with Gasteiger partial charge in [0.25, 0.3) is 0 Å². The average Bonchev–Trinajstić information content (AvgIpc) is 2.46. The van der Waals surface area contributed by atoms with E-state index in [4.69, 9.17) is 11.6 Å². The normalized spacial score (nSPS) is 24.7. The van der Waals surface area contributed by atoms with Crippen LogP contribution in [-0.4, -0.2) is 41.0 Å². The van der Waals surface area contributed by atoms with Crippen LogP contribution in [0.15, 0.2) is 0 Å². The molecule has 2 atom stereocenters. The summed E-state index contributed by atoms with van der Waals surface area (Å²) < 4.78 is 0. The first-order valence-electron chi connectivity index (χ1n) is 5.36. The molecule has 1 aliphatic heterocycles. The van der Waals surface area contributed by atoms with Gasteiger partial charge in [-0.2, -0.15) is 0 Å². The van der Waals surface area contributed by atoms with Crippen LogP contribution in [-0.2, 0) is 4.79 Å². The standard InChI is InChI=1S/C11H20ClNO2/c1-11(2,3)9(7-14)13-6-8(5-12)4-10(13)15/h8-9,14H,4-7H2,1-3H3/t8?,9-/m1/s1. The maximum absolute atomic E-state index is 11.7. The number of alkyl halides is 1. The van der Waals surface area contributed by atoms with Crippen LogP contribution in [0.1, 0.15) is 27.2 Å². The largest absolute Gasteiger partial charge is 0.394 e. The fourth-order valence-electron chi connectivity index (χ4n) is 2.05. The van der Waals surface area contributed by atoms with E-state index >= 15 is 0 Å². The van der Waals surface area contributed by atoms with Gasteiger partial charge in [-0.3, -0.25) is 4.79 Å². The van der Waals surface area contributed by atoms with Crippen LogP contribution < -0.4 is 0 Å². The second kappa shape index (κ2) is 4.71. The third-order valence-electron chi connectivity index (χ3n) is 3.01. The number of carbonyl (C=O) groups is 1. The predicted octanol–water partition coefficient (Wildman–Crippen LogP) is 1.48. The minimum Gasteiger partial charge on any atom is -0.394 e. The van der Waals surface area contributed by atoms with Crippen molar-refractivity contribution in [1.29, 1.82) is 0 Å². The van der Waals surface area contributed by atoms with Crippen LogP contribution in [0, 0.1) is 11.3 Å². The number of rotatable bonds is 3. The Morgan fingerprint density at radius 2 is 2.20 bits per heavy atom. The van der Waals surface area contributed by atoms with Crippen molar-refractivity contribution < 1.29 is 9.90 Å². The summed E-state index contributed by atoms with van der Waals surface area (Å²) in [4.78, 5) is 13.5. The molecule has 3 nitrogen and oxygen atoms in total. The molecular weight excluding hydrogens is 214 g/mol.